The van der Waals surface area contributed by atoms with Crippen molar-refractivity contribution in [2.45, 2.75) is 13.3 Å². The lowest BCUT2D eigenvalue weighted by molar-refractivity contribution is -0.384. The van der Waals surface area contributed by atoms with Crippen molar-refractivity contribution in [3.8, 4) is 16.9 Å². The molecule has 1 N–H and O–H groups in total. The van der Waals surface area contributed by atoms with Crippen LogP contribution in [-0.2, 0) is 6.42 Å². The molecule has 0 saturated carbocycles. The molecule has 9 heteroatoms. The lowest BCUT2D eigenvalue weighted by atomic mass is 10.1. The van der Waals surface area contributed by atoms with Gasteiger partial charge in [-0.1, -0.05) is 42.4 Å². The molecule has 2 heterocycles. The monoisotopic (exact) mass is 403 g/mol. The van der Waals surface area contributed by atoms with Crippen LogP contribution in [0.15, 0.2) is 71.4 Å². The van der Waals surface area contributed by atoms with Gasteiger partial charge in [-0.25, -0.2) is 4.68 Å². The summed E-state index contributed by atoms with van der Waals surface area (Å²) in [7, 11) is 0. The molecule has 150 valence electrons. The summed E-state index contributed by atoms with van der Waals surface area (Å²) in [4.78, 5) is 22.9. The number of nitrogens with one attached hydrogen (secondary N) is 1. The van der Waals surface area contributed by atoms with Crippen LogP contribution in [0.4, 0.5) is 11.6 Å². The van der Waals surface area contributed by atoms with E-state index in [1.54, 1.807) is 24.4 Å². The first kappa shape index (κ1) is 19.1. The minimum atomic E-state index is -0.488. The molecule has 0 unspecified atom stereocenters. The highest BCUT2D eigenvalue weighted by molar-refractivity contribution is 6.02. The Bertz CT molecular complexity index is 1210. The summed E-state index contributed by atoms with van der Waals surface area (Å²) in [6, 6.07) is 17.0. The smallest absolute Gasteiger partial charge is 0.278 e. The standard InChI is InChI=1S/C21H17N5O4/c1-2-14-6-8-15(9-7-14)19-13-20(30-24-19)22-21(27)18-10-11-25(23-18)16-4-3-5-17(12-16)26(28)29/h3-13H,2H2,1H3,(H,22,27). The summed E-state index contributed by atoms with van der Waals surface area (Å²) in [6.45, 7) is 2.08. The van der Waals surface area contributed by atoms with Gasteiger partial charge >= 0.3 is 0 Å². The Kier molecular flexibility index (Phi) is 5.08. The van der Waals surface area contributed by atoms with E-state index in [0.717, 1.165) is 12.0 Å². The number of hydrogen-bond acceptors (Lipinski definition) is 6. The highest BCUT2D eigenvalue weighted by atomic mass is 16.6. The highest BCUT2D eigenvalue weighted by Crippen LogP contribution is 2.23. The molecule has 0 aliphatic carbocycles. The van der Waals surface area contributed by atoms with Gasteiger partial charge in [-0.2, -0.15) is 5.10 Å². The van der Waals surface area contributed by atoms with Crippen LogP contribution in [0.3, 0.4) is 0 Å². The van der Waals surface area contributed by atoms with Gasteiger partial charge in [0, 0.05) is 30.0 Å². The lowest BCUT2D eigenvalue weighted by Crippen LogP contribution is -2.12. The highest BCUT2D eigenvalue weighted by Gasteiger charge is 2.15. The fourth-order valence-electron chi connectivity index (χ4n) is 2.90. The number of amides is 1. The average Bonchev–Trinajstić information content (AvgIpc) is 3.44. The second-order valence-corrected chi connectivity index (χ2v) is 6.50. The number of rotatable bonds is 6. The second kappa shape index (κ2) is 8.00. The molecular weight excluding hydrogens is 386 g/mol. The predicted molar refractivity (Wildman–Crippen MR) is 109 cm³/mol. The third-order valence-corrected chi connectivity index (χ3v) is 4.53. The molecule has 0 spiro atoms. The number of aromatic nitrogens is 3. The maximum atomic E-state index is 12.5. The van der Waals surface area contributed by atoms with Crippen LogP contribution >= 0.6 is 0 Å². The van der Waals surface area contributed by atoms with Gasteiger partial charge in [0.15, 0.2) is 5.69 Å². The summed E-state index contributed by atoms with van der Waals surface area (Å²) >= 11 is 0. The number of nitro benzene ring substituents is 1. The average molecular weight is 403 g/mol. The van der Waals surface area contributed by atoms with Crippen LogP contribution < -0.4 is 5.32 Å². The third kappa shape index (κ3) is 3.95. The number of nitro groups is 1. The zero-order chi connectivity index (χ0) is 21.1. The van der Waals surface area contributed by atoms with Crippen LogP contribution in [-0.4, -0.2) is 25.8 Å². The van der Waals surface area contributed by atoms with E-state index in [4.69, 9.17) is 4.52 Å². The molecule has 2 aromatic carbocycles. The molecule has 0 bridgehead atoms. The summed E-state index contributed by atoms with van der Waals surface area (Å²) in [5, 5.41) is 21.7. The Morgan fingerprint density at radius 2 is 1.97 bits per heavy atom. The maximum absolute atomic E-state index is 12.5. The van der Waals surface area contributed by atoms with E-state index in [9.17, 15) is 14.9 Å². The van der Waals surface area contributed by atoms with Crippen molar-refractivity contribution in [1.29, 1.82) is 0 Å². The fraction of sp³-hybridized carbons (Fsp3) is 0.0952. The zero-order valence-corrected chi connectivity index (χ0v) is 16.0. The van der Waals surface area contributed by atoms with Gasteiger partial charge < -0.3 is 4.52 Å². The van der Waals surface area contributed by atoms with Gasteiger partial charge in [-0.15, -0.1) is 0 Å². The number of hydrogen-bond donors (Lipinski definition) is 1. The Labute approximate surface area is 171 Å². The van der Waals surface area contributed by atoms with Crippen LogP contribution in [0.2, 0.25) is 0 Å². The first-order chi connectivity index (χ1) is 14.5. The van der Waals surface area contributed by atoms with Crippen LogP contribution in [0, 0.1) is 10.1 Å². The summed E-state index contributed by atoms with van der Waals surface area (Å²) in [5.74, 6) is -0.289. The molecule has 1 amide bonds. The molecule has 0 atom stereocenters. The van der Waals surface area contributed by atoms with E-state index in [1.807, 2.05) is 24.3 Å². The molecule has 0 fully saturated rings. The van der Waals surface area contributed by atoms with Crippen molar-refractivity contribution in [2.24, 2.45) is 0 Å². The molecule has 0 aliphatic heterocycles. The van der Waals surface area contributed by atoms with Gasteiger partial charge in [-0.05, 0) is 24.1 Å². The van der Waals surface area contributed by atoms with E-state index in [1.165, 1.54) is 28.4 Å². The normalized spacial score (nSPS) is 10.7. The number of aryl methyl sites for hydroxylation is 1. The first-order valence-electron chi connectivity index (χ1n) is 9.21. The fourth-order valence-corrected chi connectivity index (χ4v) is 2.90. The van der Waals surface area contributed by atoms with E-state index in [0.29, 0.717) is 11.4 Å². The van der Waals surface area contributed by atoms with Crippen molar-refractivity contribution < 1.29 is 14.2 Å². The van der Waals surface area contributed by atoms with E-state index < -0.39 is 10.8 Å². The molecule has 0 saturated heterocycles. The molecule has 30 heavy (non-hydrogen) atoms. The van der Waals surface area contributed by atoms with Crippen molar-refractivity contribution in [1.82, 2.24) is 14.9 Å². The van der Waals surface area contributed by atoms with E-state index >= 15 is 0 Å². The number of anilines is 1. The molecule has 4 rings (SSSR count). The number of carbonyl (C=O) groups is 1. The second-order valence-electron chi connectivity index (χ2n) is 6.50. The third-order valence-electron chi connectivity index (χ3n) is 4.53. The van der Waals surface area contributed by atoms with Gasteiger partial charge in [0.25, 0.3) is 11.6 Å². The Balaban J connectivity index is 1.48. The first-order valence-corrected chi connectivity index (χ1v) is 9.21. The van der Waals surface area contributed by atoms with E-state index in [2.05, 4.69) is 22.5 Å². The van der Waals surface area contributed by atoms with Gasteiger partial charge in [0.1, 0.15) is 5.69 Å². The number of benzene rings is 2. The number of nitrogens with zero attached hydrogens (tertiary/aromatic N) is 4. The van der Waals surface area contributed by atoms with Gasteiger partial charge in [-0.3, -0.25) is 20.2 Å². The predicted octanol–water partition coefficient (Wildman–Crippen LogP) is 4.25. The molecule has 9 nitrogen and oxygen atoms in total. The molecular formula is C21H17N5O4. The SMILES string of the molecule is CCc1ccc(-c2cc(NC(=O)c3ccn(-c4cccc([N+](=O)[O-])c4)n3)on2)cc1. The summed E-state index contributed by atoms with van der Waals surface area (Å²) in [6.07, 6.45) is 2.50. The largest absolute Gasteiger partial charge is 0.338 e. The van der Waals surface area contributed by atoms with Crippen LogP contribution in [0.5, 0.6) is 0 Å². The molecule has 0 aliphatic rings. The van der Waals surface area contributed by atoms with Crippen molar-refractivity contribution in [3.63, 3.8) is 0 Å². The molecule has 4 aromatic rings. The Morgan fingerprint density at radius 1 is 1.17 bits per heavy atom. The van der Waals surface area contributed by atoms with Crippen molar-refractivity contribution in [2.75, 3.05) is 5.32 Å². The Hall–Kier alpha value is -4.27. The van der Waals surface area contributed by atoms with Crippen LogP contribution in [0.1, 0.15) is 23.0 Å². The number of carbonyl (C=O) groups excluding carboxylic acids is 1. The topological polar surface area (TPSA) is 116 Å². The summed E-state index contributed by atoms with van der Waals surface area (Å²) < 4.78 is 6.60. The van der Waals surface area contributed by atoms with Crippen molar-refractivity contribution >= 4 is 17.5 Å². The molecule has 2 aromatic heterocycles. The minimum absolute atomic E-state index is 0.0600. The quantitative estimate of drug-likeness (QED) is 0.380. The maximum Gasteiger partial charge on any atom is 0.278 e. The van der Waals surface area contributed by atoms with Gasteiger partial charge in [0.05, 0.1) is 10.6 Å². The zero-order valence-electron chi connectivity index (χ0n) is 16.0. The summed E-state index contributed by atoms with van der Waals surface area (Å²) in [5.41, 5.74) is 3.25. The number of non-ortho nitro benzene ring substituents is 1. The lowest BCUT2D eigenvalue weighted by Gasteiger charge is -2.01. The van der Waals surface area contributed by atoms with Crippen molar-refractivity contribution in [3.05, 3.63) is 88.2 Å². The molecule has 0 radical (unpaired) electrons. The van der Waals surface area contributed by atoms with Gasteiger partial charge in [0.2, 0.25) is 5.88 Å². The van der Waals surface area contributed by atoms with Crippen LogP contribution in [0.25, 0.3) is 16.9 Å². The minimum Gasteiger partial charge on any atom is -0.338 e. The Morgan fingerprint density at radius 3 is 2.70 bits per heavy atom. The van der Waals surface area contributed by atoms with E-state index in [-0.39, 0.29) is 17.3 Å².